The first-order valence-corrected chi connectivity index (χ1v) is 8.88. The molecule has 0 unspecified atom stereocenters. The maximum Gasteiger partial charge on any atom is 0.305 e. The number of benzene rings is 1. The number of thiazole rings is 1. The fraction of sp³-hybridized carbons (Fsp3) is 0.400. The van der Waals surface area contributed by atoms with Crippen molar-refractivity contribution in [3.05, 3.63) is 24.3 Å². The summed E-state index contributed by atoms with van der Waals surface area (Å²) in [6, 6.07) is 7.86. The third-order valence-corrected chi connectivity index (χ3v) is 5.99. The zero-order chi connectivity index (χ0) is 15.6. The highest BCUT2D eigenvalue weighted by Crippen LogP contribution is 2.35. The van der Waals surface area contributed by atoms with Crippen LogP contribution in [0.15, 0.2) is 28.6 Å². The first-order chi connectivity index (χ1) is 10.6. The summed E-state index contributed by atoms with van der Waals surface area (Å²) < 4.78 is 1.96. The highest BCUT2D eigenvalue weighted by Gasteiger charge is 2.40. The topological polar surface area (TPSA) is 79.3 Å². The minimum atomic E-state index is -0.862. The van der Waals surface area contributed by atoms with Gasteiger partial charge in [0.05, 0.1) is 27.9 Å². The number of para-hydroxylation sites is 1. The number of aliphatic carboxylic acids is 1. The van der Waals surface area contributed by atoms with E-state index in [9.17, 15) is 9.59 Å². The number of amides is 1. The van der Waals surface area contributed by atoms with Crippen LogP contribution >= 0.6 is 23.1 Å². The maximum atomic E-state index is 12.1. The number of carbonyl (C=O) groups excluding carboxylic acids is 1. The van der Waals surface area contributed by atoms with E-state index in [1.54, 1.807) is 11.3 Å². The van der Waals surface area contributed by atoms with Crippen LogP contribution in [0.1, 0.15) is 25.7 Å². The molecule has 1 aliphatic rings. The molecule has 0 aliphatic heterocycles. The van der Waals surface area contributed by atoms with Crippen LogP contribution in [0.2, 0.25) is 0 Å². The number of fused-ring (bicyclic) bond motifs is 1. The Hall–Kier alpha value is -1.60. The first kappa shape index (κ1) is 15.3. The van der Waals surface area contributed by atoms with Gasteiger partial charge in [-0.3, -0.25) is 9.59 Å². The van der Waals surface area contributed by atoms with Gasteiger partial charge in [-0.25, -0.2) is 4.98 Å². The number of hydrogen-bond donors (Lipinski definition) is 2. The lowest BCUT2D eigenvalue weighted by atomic mass is 9.74. The van der Waals surface area contributed by atoms with E-state index >= 15 is 0 Å². The summed E-state index contributed by atoms with van der Waals surface area (Å²) in [5.74, 6) is -0.717. The standard InChI is InChI=1S/C15H16N2O3S2/c18-12(17-15(6-3-7-15)8-13(19)20)9-21-14-16-10-4-1-2-5-11(10)22-14/h1-2,4-5H,3,6-9H2,(H,17,18)(H,19,20). The molecular weight excluding hydrogens is 320 g/mol. The predicted molar refractivity (Wildman–Crippen MR) is 87.3 cm³/mol. The molecule has 1 aliphatic carbocycles. The second-order valence-electron chi connectivity index (χ2n) is 5.49. The van der Waals surface area contributed by atoms with E-state index in [2.05, 4.69) is 10.3 Å². The zero-order valence-electron chi connectivity index (χ0n) is 11.9. The number of carboxylic acids is 1. The molecule has 7 heteroatoms. The van der Waals surface area contributed by atoms with Crippen LogP contribution < -0.4 is 5.32 Å². The molecule has 2 N–H and O–H groups in total. The van der Waals surface area contributed by atoms with Crippen LogP contribution in [0.5, 0.6) is 0 Å². The first-order valence-electron chi connectivity index (χ1n) is 7.08. The van der Waals surface area contributed by atoms with Crippen LogP contribution in [0, 0.1) is 0 Å². The van der Waals surface area contributed by atoms with Crippen LogP contribution in [0.4, 0.5) is 0 Å². The van der Waals surface area contributed by atoms with Crippen LogP contribution in [0.3, 0.4) is 0 Å². The van der Waals surface area contributed by atoms with E-state index in [4.69, 9.17) is 5.11 Å². The lowest BCUT2D eigenvalue weighted by Gasteiger charge is -2.41. The minimum absolute atomic E-state index is 0.00451. The van der Waals surface area contributed by atoms with E-state index in [0.717, 1.165) is 33.8 Å². The van der Waals surface area contributed by atoms with Crippen LogP contribution in [0.25, 0.3) is 10.2 Å². The molecule has 1 aromatic heterocycles. The summed E-state index contributed by atoms with van der Waals surface area (Å²) in [6.45, 7) is 0. The third kappa shape index (κ3) is 3.41. The Labute approximate surface area is 136 Å². The number of thioether (sulfide) groups is 1. The molecule has 1 aromatic carbocycles. The molecule has 0 atom stereocenters. The average Bonchev–Trinajstić information content (AvgIpc) is 2.85. The number of rotatable bonds is 6. The fourth-order valence-electron chi connectivity index (χ4n) is 2.61. The molecule has 2 aromatic rings. The van der Waals surface area contributed by atoms with Gasteiger partial charge in [-0.15, -0.1) is 11.3 Å². The van der Waals surface area contributed by atoms with Gasteiger partial charge in [-0.05, 0) is 31.4 Å². The van der Waals surface area contributed by atoms with Gasteiger partial charge in [-0.2, -0.15) is 0 Å². The normalized spacial score (nSPS) is 16.2. The molecule has 5 nitrogen and oxygen atoms in total. The summed E-state index contributed by atoms with van der Waals surface area (Å²) in [4.78, 5) is 27.4. The Bertz CT molecular complexity index is 677. The summed E-state index contributed by atoms with van der Waals surface area (Å²) in [5, 5.41) is 11.9. The van der Waals surface area contributed by atoms with Gasteiger partial charge < -0.3 is 10.4 Å². The van der Waals surface area contributed by atoms with Crippen molar-refractivity contribution in [1.29, 1.82) is 0 Å². The van der Waals surface area contributed by atoms with Crippen molar-refractivity contribution in [2.45, 2.75) is 35.6 Å². The third-order valence-electron chi connectivity index (χ3n) is 3.81. The highest BCUT2D eigenvalue weighted by molar-refractivity contribution is 8.01. The quantitative estimate of drug-likeness (QED) is 0.793. The Morgan fingerprint density at radius 1 is 1.36 bits per heavy atom. The molecule has 0 bridgehead atoms. The molecule has 0 radical (unpaired) electrons. The van der Waals surface area contributed by atoms with Gasteiger partial charge in [0.1, 0.15) is 0 Å². The maximum absolute atomic E-state index is 12.1. The molecule has 22 heavy (non-hydrogen) atoms. The van der Waals surface area contributed by atoms with E-state index in [1.807, 2.05) is 24.3 Å². The van der Waals surface area contributed by atoms with Crippen molar-refractivity contribution >= 4 is 45.2 Å². The summed E-state index contributed by atoms with van der Waals surface area (Å²) in [5.41, 5.74) is 0.411. The Morgan fingerprint density at radius 2 is 2.14 bits per heavy atom. The lowest BCUT2D eigenvalue weighted by molar-refractivity contribution is -0.140. The molecule has 1 saturated carbocycles. The molecule has 0 spiro atoms. The number of nitrogens with one attached hydrogen (secondary N) is 1. The molecule has 3 rings (SSSR count). The fourth-order valence-corrected chi connectivity index (χ4v) is 4.48. The second kappa shape index (κ2) is 6.26. The monoisotopic (exact) mass is 336 g/mol. The Kier molecular flexibility index (Phi) is 4.35. The van der Waals surface area contributed by atoms with Crippen molar-refractivity contribution in [3.63, 3.8) is 0 Å². The van der Waals surface area contributed by atoms with Gasteiger partial charge in [0.25, 0.3) is 0 Å². The zero-order valence-corrected chi connectivity index (χ0v) is 13.5. The van der Waals surface area contributed by atoms with Gasteiger partial charge >= 0.3 is 5.97 Å². The number of aromatic nitrogens is 1. The van der Waals surface area contributed by atoms with Crippen molar-refractivity contribution in [1.82, 2.24) is 10.3 Å². The van der Waals surface area contributed by atoms with E-state index in [0.29, 0.717) is 0 Å². The largest absolute Gasteiger partial charge is 0.481 e. The molecule has 1 amide bonds. The van der Waals surface area contributed by atoms with Crippen molar-refractivity contribution < 1.29 is 14.7 Å². The SMILES string of the molecule is O=C(O)CC1(NC(=O)CSc2nc3ccccc3s2)CCC1. The van der Waals surface area contributed by atoms with Gasteiger partial charge in [0.2, 0.25) is 5.91 Å². The van der Waals surface area contributed by atoms with E-state index in [-0.39, 0.29) is 18.1 Å². The Balaban J connectivity index is 1.56. The highest BCUT2D eigenvalue weighted by atomic mass is 32.2. The average molecular weight is 336 g/mol. The molecule has 0 saturated heterocycles. The van der Waals surface area contributed by atoms with Crippen LogP contribution in [-0.4, -0.2) is 33.3 Å². The number of hydrogen-bond acceptors (Lipinski definition) is 5. The van der Waals surface area contributed by atoms with E-state index < -0.39 is 11.5 Å². The number of nitrogens with zero attached hydrogens (tertiary/aromatic N) is 1. The second-order valence-corrected chi connectivity index (χ2v) is 7.74. The van der Waals surface area contributed by atoms with Crippen molar-refractivity contribution in [2.75, 3.05) is 5.75 Å². The van der Waals surface area contributed by atoms with Crippen molar-refractivity contribution in [2.24, 2.45) is 0 Å². The minimum Gasteiger partial charge on any atom is -0.481 e. The van der Waals surface area contributed by atoms with E-state index in [1.165, 1.54) is 11.8 Å². The molecule has 116 valence electrons. The molecular formula is C15H16N2O3S2. The summed E-state index contributed by atoms with van der Waals surface area (Å²) in [7, 11) is 0. The smallest absolute Gasteiger partial charge is 0.305 e. The molecule has 1 fully saturated rings. The van der Waals surface area contributed by atoms with Crippen molar-refractivity contribution in [3.8, 4) is 0 Å². The lowest BCUT2D eigenvalue weighted by Crippen LogP contribution is -2.55. The number of carboxylic acid groups (broad SMARTS) is 1. The summed E-state index contributed by atoms with van der Waals surface area (Å²) >= 11 is 2.96. The summed E-state index contributed by atoms with van der Waals surface area (Å²) in [6.07, 6.45) is 2.47. The Morgan fingerprint density at radius 3 is 2.77 bits per heavy atom. The number of carbonyl (C=O) groups is 2. The van der Waals surface area contributed by atoms with Gasteiger partial charge in [0.15, 0.2) is 4.34 Å². The van der Waals surface area contributed by atoms with Gasteiger partial charge in [-0.1, -0.05) is 23.9 Å². The van der Waals surface area contributed by atoms with Gasteiger partial charge in [0, 0.05) is 0 Å². The predicted octanol–water partition coefficient (Wildman–Crippen LogP) is 2.90. The molecule has 1 heterocycles. The van der Waals surface area contributed by atoms with Crippen LogP contribution in [-0.2, 0) is 9.59 Å².